The summed E-state index contributed by atoms with van der Waals surface area (Å²) in [7, 11) is 1.55. The molecule has 0 saturated carbocycles. The lowest BCUT2D eigenvalue weighted by molar-refractivity contribution is -0.155. The van der Waals surface area contributed by atoms with Gasteiger partial charge in [-0.25, -0.2) is 0 Å². The number of benzene rings is 3. The van der Waals surface area contributed by atoms with Crippen LogP contribution in [0.2, 0.25) is 0 Å². The number of methoxy groups -OCH3 is 1. The largest absolute Gasteiger partial charge is 0.469 e. The number of hydrogen-bond acceptors (Lipinski definition) is 3. The molecule has 34 heavy (non-hydrogen) atoms. The molecule has 0 amide bonds. The summed E-state index contributed by atoms with van der Waals surface area (Å²) in [5, 5.41) is 0. The molecular weight excluding hydrogens is 418 g/mol. The van der Waals surface area contributed by atoms with E-state index in [1.54, 1.807) is 7.11 Å². The molecule has 0 spiro atoms. The standard InChI is InChI=1S/C31H33NO2/c1-3-23-14-16-25(17-15-23)27-18-19-28(26-12-8-5-9-13-26)31(30(33)34-2)22-32(21-29(27)31)20-24-10-6-4-7-11-24/h4-18,28-29H,3,19-22H2,1-2H3. The Balaban J connectivity index is 1.60. The van der Waals surface area contributed by atoms with E-state index in [0.717, 1.165) is 25.9 Å². The van der Waals surface area contributed by atoms with Crippen molar-refractivity contribution >= 4 is 11.5 Å². The quantitative estimate of drug-likeness (QED) is 0.424. The van der Waals surface area contributed by atoms with Crippen molar-refractivity contribution < 1.29 is 9.53 Å². The molecule has 2 aliphatic rings. The van der Waals surface area contributed by atoms with E-state index in [1.165, 1.54) is 27.8 Å². The number of allylic oxidation sites excluding steroid dienone is 1. The first kappa shape index (κ1) is 22.6. The smallest absolute Gasteiger partial charge is 0.314 e. The van der Waals surface area contributed by atoms with Crippen LogP contribution in [0.5, 0.6) is 0 Å². The van der Waals surface area contributed by atoms with Gasteiger partial charge in [-0.05, 0) is 40.7 Å². The summed E-state index contributed by atoms with van der Waals surface area (Å²) >= 11 is 0. The molecule has 5 rings (SSSR count). The Morgan fingerprint density at radius 1 is 0.912 bits per heavy atom. The highest BCUT2D eigenvalue weighted by atomic mass is 16.5. The molecular formula is C31H33NO2. The molecule has 3 heteroatoms. The number of ether oxygens (including phenoxy) is 1. The molecule has 1 aliphatic carbocycles. The highest BCUT2D eigenvalue weighted by molar-refractivity contribution is 5.86. The number of aryl methyl sites for hydroxylation is 1. The lowest BCUT2D eigenvalue weighted by atomic mass is 9.59. The molecule has 3 atom stereocenters. The van der Waals surface area contributed by atoms with Crippen molar-refractivity contribution in [1.29, 1.82) is 0 Å². The van der Waals surface area contributed by atoms with Gasteiger partial charge in [-0.3, -0.25) is 9.69 Å². The zero-order chi connectivity index (χ0) is 23.5. The number of likely N-dealkylation sites (tertiary alicyclic amines) is 1. The predicted molar refractivity (Wildman–Crippen MR) is 137 cm³/mol. The van der Waals surface area contributed by atoms with Gasteiger partial charge in [0.1, 0.15) is 0 Å². The number of esters is 1. The van der Waals surface area contributed by atoms with Gasteiger partial charge in [0.2, 0.25) is 0 Å². The second-order valence-corrected chi connectivity index (χ2v) is 9.65. The van der Waals surface area contributed by atoms with Crippen LogP contribution in [0.15, 0.2) is 91.0 Å². The van der Waals surface area contributed by atoms with Crippen molar-refractivity contribution in [1.82, 2.24) is 4.90 Å². The molecule has 1 fully saturated rings. The maximum absolute atomic E-state index is 13.8. The van der Waals surface area contributed by atoms with Crippen molar-refractivity contribution in [2.75, 3.05) is 20.2 Å². The summed E-state index contributed by atoms with van der Waals surface area (Å²) in [4.78, 5) is 16.2. The van der Waals surface area contributed by atoms with Gasteiger partial charge in [-0.15, -0.1) is 0 Å². The molecule has 0 bridgehead atoms. The maximum atomic E-state index is 13.8. The van der Waals surface area contributed by atoms with Gasteiger partial charge in [0.15, 0.2) is 0 Å². The summed E-state index contributed by atoms with van der Waals surface area (Å²) in [6, 6.07) is 30.0. The summed E-state index contributed by atoms with van der Waals surface area (Å²) in [6.07, 6.45) is 4.24. The third kappa shape index (κ3) is 3.99. The fourth-order valence-corrected chi connectivity index (χ4v) is 6.16. The van der Waals surface area contributed by atoms with E-state index in [4.69, 9.17) is 4.74 Å². The van der Waals surface area contributed by atoms with Crippen molar-refractivity contribution in [2.24, 2.45) is 11.3 Å². The van der Waals surface area contributed by atoms with Crippen LogP contribution in [-0.4, -0.2) is 31.1 Å². The number of rotatable bonds is 6. The highest BCUT2D eigenvalue weighted by Gasteiger charge is 2.60. The Morgan fingerprint density at radius 2 is 1.59 bits per heavy atom. The molecule has 3 aromatic rings. The number of carbonyl (C=O) groups is 1. The van der Waals surface area contributed by atoms with Gasteiger partial charge in [0.05, 0.1) is 12.5 Å². The average Bonchev–Trinajstić information content (AvgIpc) is 3.28. The fraction of sp³-hybridized carbons (Fsp3) is 0.323. The Labute approximate surface area is 203 Å². The van der Waals surface area contributed by atoms with Crippen molar-refractivity contribution in [3.8, 4) is 0 Å². The fourth-order valence-electron chi connectivity index (χ4n) is 6.16. The van der Waals surface area contributed by atoms with E-state index in [0.29, 0.717) is 6.54 Å². The summed E-state index contributed by atoms with van der Waals surface area (Å²) < 4.78 is 5.57. The van der Waals surface area contributed by atoms with Gasteiger partial charge >= 0.3 is 5.97 Å². The minimum Gasteiger partial charge on any atom is -0.469 e. The first-order valence-corrected chi connectivity index (χ1v) is 12.3. The Kier molecular flexibility index (Phi) is 6.38. The highest BCUT2D eigenvalue weighted by Crippen LogP contribution is 2.57. The van der Waals surface area contributed by atoms with Gasteiger partial charge < -0.3 is 4.74 Å². The van der Waals surface area contributed by atoms with Crippen LogP contribution in [0.25, 0.3) is 5.57 Å². The minimum absolute atomic E-state index is 0.0788. The number of hydrogen-bond donors (Lipinski definition) is 0. The van der Waals surface area contributed by atoms with Crippen LogP contribution in [0.4, 0.5) is 0 Å². The van der Waals surface area contributed by atoms with Gasteiger partial charge in [0, 0.05) is 31.5 Å². The molecule has 3 aromatic carbocycles. The Bertz CT molecular complexity index is 1150. The SMILES string of the molecule is CCc1ccc(C2=CCC(c3ccccc3)C3(C(=O)OC)CN(Cc4ccccc4)CC23)cc1. The van der Waals surface area contributed by atoms with E-state index < -0.39 is 5.41 Å². The predicted octanol–water partition coefficient (Wildman–Crippen LogP) is 6.11. The maximum Gasteiger partial charge on any atom is 0.314 e. The van der Waals surface area contributed by atoms with Crippen LogP contribution in [0.3, 0.4) is 0 Å². The normalized spacial score (nSPS) is 24.4. The van der Waals surface area contributed by atoms with Gasteiger partial charge in [0.25, 0.3) is 0 Å². The molecule has 174 valence electrons. The van der Waals surface area contributed by atoms with E-state index >= 15 is 0 Å². The van der Waals surface area contributed by atoms with Crippen molar-refractivity contribution in [2.45, 2.75) is 32.2 Å². The summed E-state index contributed by atoms with van der Waals surface area (Å²) in [5.41, 5.74) is 5.72. The average molecular weight is 452 g/mol. The van der Waals surface area contributed by atoms with Crippen LogP contribution < -0.4 is 0 Å². The molecule has 0 radical (unpaired) electrons. The first-order chi connectivity index (χ1) is 16.7. The lowest BCUT2D eigenvalue weighted by Crippen LogP contribution is -2.47. The molecule has 0 aromatic heterocycles. The first-order valence-electron chi connectivity index (χ1n) is 12.3. The molecule has 0 N–H and O–H groups in total. The number of nitrogens with zero attached hydrogens (tertiary/aromatic N) is 1. The zero-order valence-corrected chi connectivity index (χ0v) is 20.1. The number of carbonyl (C=O) groups excluding carboxylic acids is 1. The Morgan fingerprint density at radius 3 is 2.24 bits per heavy atom. The van der Waals surface area contributed by atoms with E-state index in [9.17, 15) is 4.79 Å². The molecule has 1 heterocycles. The van der Waals surface area contributed by atoms with E-state index in [1.807, 2.05) is 6.07 Å². The summed E-state index contributed by atoms with van der Waals surface area (Å²) in [5.74, 6) is 0.0818. The van der Waals surface area contributed by atoms with Crippen molar-refractivity contribution in [3.63, 3.8) is 0 Å². The summed E-state index contributed by atoms with van der Waals surface area (Å²) in [6.45, 7) is 4.55. The topological polar surface area (TPSA) is 29.5 Å². The Hall–Kier alpha value is -3.17. The van der Waals surface area contributed by atoms with Gasteiger partial charge in [-0.1, -0.05) is 97.9 Å². The lowest BCUT2D eigenvalue weighted by Gasteiger charge is -2.43. The van der Waals surface area contributed by atoms with Crippen LogP contribution in [0, 0.1) is 11.3 Å². The monoisotopic (exact) mass is 451 g/mol. The zero-order valence-electron chi connectivity index (χ0n) is 20.1. The van der Waals surface area contributed by atoms with E-state index in [-0.39, 0.29) is 17.8 Å². The molecule has 1 aliphatic heterocycles. The third-order valence-corrected chi connectivity index (χ3v) is 7.83. The molecule has 3 unspecified atom stereocenters. The van der Waals surface area contributed by atoms with Crippen LogP contribution in [-0.2, 0) is 22.5 Å². The second-order valence-electron chi connectivity index (χ2n) is 9.65. The molecule has 3 nitrogen and oxygen atoms in total. The second kappa shape index (κ2) is 9.60. The van der Waals surface area contributed by atoms with Crippen LogP contribution >= 0.6 is 0 Å². The minimum atomic E-state index is -0.613. The van der Waals surface area contributed by atoms with Crippen LogP contribution in [0.1, 0.15) is 41.5 Å². The third-order valence-electron chi connectivity index (χ3n) is 7.83. The molecule has 1 saturated heterocycles. The van der Waals surface area contributed by atoms with Crippen molar-refractivity contribution in [3.05, 3.63) is 113 Å². The van der Waals surface area contributed by atoms with E-state index in [2.05, 4.69) is 96.8 Å². The number of fused-ring (bicyclic) bond motifs is 1. The van der Waals surface area contributed by atoms with Gasteiger partial charge in [-0.2, -0.15) is 0 Å².